The molecule has 2 aromatic carbocycles. The lowest BCUT2D eigenvalue weighted by Crippen LogP contribution is -2.52. The number of amides is 1. The molecule has 2 saturated heterocycles. The number of benzene rings is 2. The highest BCUT2D eigenvalue weighted by Gasteiger charge is 2.33. The lowest BCUT2D eigenvalue weighted by molar-refractivity contribution is -0.137. The molecular weight excluding hydrogens is 483 g/mol. The van der Waals surface area contributed by atoms with E-state index in [2.05, 4.69) is 25.3 Å². The number of carbonyl (C=O) groups is 1. The van der Waals surface area contributed by atoms with Crippen molar-refractivity contribution in [3.05, 3.63) is 84.3 Å². The molecule has 1 amide bonds. The summed E-state index contributed by atoms with van der Waals surface area (Å²) in [4.78, 5) is 16.7. The Hall–Kier alpha value is -4.08. The number of ether oxygens (including phenoxy) is 1. The number of hydrogen-bond donors (Lipinski definition) is 1. The molecule has 0 unspecified atom stereocenters. The van der Waals surface area contributed by atoms with E-state index < -0.39 is 11.7 Å². The molecule has 1 aromatic heterocycles. The van der Waals surface area contributed by atoms with Gasteiger partial charge in [0.25, 0.3) is 0 Å². The molecule has 5 rings (SSSR count). The van der Waals surface area contributed by atoms with Crippen molar-refractivity contribution in [2.75, 3.05) is 36.4 Å². The van der Waals surface area contributed by atoms with Crippen LogP contribution in [0.25, 0.3) is 6.08 Å². The van der Waals surface area contributed by atoms with Crippen LogP contribution in [0.15, 0.2) is 73.2 Å². The maximum Gasteiger partial charge on any atom is 0.416 e. The maximum atomic E-state index is 12.7. The molecule has 2 fully saturated rings. The van der Waals surface area contributed by atoms with E-state index in [9.17, 15) is 18.0 Å². The zero-order valence-electron chi connectivity index (χ0n) is 19.9. The highest BCUT2D eigenvalue weighted by atomic mass is 19.4. The van der Waals surface area contributed by atoms with Gasteiger partial charge < -0.3 is 19.9 Å². The number of alkyl halides is 3. The second kappa shape index (κ2) is 10.5. The van der Waals surface area contributed by atoms with Crippen molar-refractivity contribution in [1.82, 2.24) is 15.1 Å². The third kappa shape index (κ3) is 6.19. The van der Waals surface area contributed by atoms with Crippen molar-refractivity contribution in [3.63, 3.8) is 0 Å². The summed E-state index contributed by atoms with van der Waals surface area (Å²) in [7, 11) is 0. The van der Waals surface area contributed by atoms with E-state index in [1.165, 1.54) is 12.1 Å². The van der Waals surface area contributed by atoms with Crippen LogP contribution in [-0.2, 0) is 11.0 Å². The van der Waals surface area contributed by atoms with Crippen molar-refractivity contribution < 1.29 is 22.7 Å². The molecule has 0 bridgehead atoms. The SMILES string of the molecule is O=C(Nc1ccc(O[C@@H]2CCN(C=Cc3ccc(C(F)(F)F)cc3)C2)cc1)C1CN(c2ccnnc2)C1. The first kappa shape index (κ1) is 24.6. The van der Waals surface area contributed by atoms with Gasteiger partial charge >= 0.3 is 6.18 Å². The van der Waals surface area contributed by atoms with Gasteiger partial charge in [-0.3, -0.25) is 4.79 Å². The molecule has 7 nitrogen and oxygen atoms in total. The summed E-state index contributed by atoms with van der Waals surface area (Å²) in [5, 5.41) is 10.6. The number of nitrogens with zero attached hydrogens (tertiary/aromatic N) is 4. The molecule has 3 aromatic rings. The first-order chi connectivity index (χ1) is 17.8. The fourth-order valence-corrected chi connectivity index (χ4v) is 4.34. The van der Waals surface area contributed by atoms with Gasteiger partial charge in [-0.25, -0.2) is 0 Å². The number of anilines is 2. The second-order valence-corrected chi connectivity index (χ2v) is 9.18. The lowest BCUT2D eigenvalue weighted by atomic mass is 9.98. The average molecular weight is 510 g/mol. The minimum absolute atomic E-state index is 0.00123. The summed E-state index contributed by atoms with van der Waals surface area (Å²) in [6.07, 6.45) is 3.51. The molecular formula is C27H26F3N5O2. The maximum absolute atomic E-state index is 12.7. The lowest BCUT2D eigenvalue weighted by Gasteiger charge is -2.39. The summed E-state index contributed by atoms with van der Waals surface area (Å²) >= 11 is 0. The van der Waals surface area contributed by atoms with Crippen LogP contribution >= 0.6 is 0 Å². The first-order valence-electron chi connectivity index (χ1n) is 12.0. The van der Waals surface area contributed by atoms with Crippen LogP contribution < -0.4 is 15.0 Å². The predicted octanol–water partition coefficient (Wildman–Crippen LogP) is 4.69. The normalized spacial score (nSPS) is 18.2. The predicted molar refractivity (Wildman–Crippen MR) is 134 cm³/mol. The Morgan fingerprint density at radius 1 is 1.00 bits per heavy atom. The molecule has 0 saturated carbocycles. The van der Waals surface area contributed by atoms with Crippen LogP contribution in [0.2, 0.25) is 0 Å². The minimum atomic E-state index is -4.33. The van der Waals surface area contributed by atoms with Crippen molar-refractivity contribution in [3.8, 4) is 5.75 Å². The van der Waals surface area contributed by atoms with E-state index in [0.717, 1.165) is 36.5 Å². The van der Waals surface area contributed by atoms with Gasteiger partial charge in [-0.05, 0) is 60.3 Å². The van der Waals surface area contributed by atoms with Gasteiger partial charge in [0.1, 0.15) is 11.9 Å². The van der Waals surface area contributed by atoms with Crippen LogP contribution in [-0.4, -0.2) is 53.3 Å². The Kier molecular flexibility index (Phi) is 6.98. The number of hydrogen-bond acceptors (Lipinski definition) is 6. The standard InChI is InChI=1S/C27H26F3N5O2/c28-27(29,30)21-3-1-19(2-4-21)10-13-34-14-11-25(18-34)37-24-7-5-22(6-8-24)33-26(36)20-16-35(17-20)23-9-12-31-32-15-23/h1-10,12-13,15,20,25H,11,14,16-18H2,(H,33,36)/t25-/m1/s1. The van der Waals surface area contributed by atoms with E-state index in [-0.39, 0.29) is 17.9 Å². The Morgan fingerprint density at radius 2 is 1.76 bits per heavy atom. The highest BCUT2D eigenvalue weighted by Crippen LogP contribution is 2.29. The number of likely N-dealkylation sites (tertiary alicyclic amines) is 1. The summed E-state index contributed by atoms with van der Waals surface area (Å²) in [5.74, 6) is 0.624. The molecule has 10 heteroatoms. The van der Waals surface area contributed by atoms with Crippen LogP contribution in [0.1, 0.15) is 17.5 Å². The fourth-order valence-electron chi connectivity index (χ4n) is 4.34. The molecule has 0 aliphatic carbocycles. The van der Waals surface area contributed by atoms with E-state index in [0.29, 0.717) is 30.9 Å². The quantitative estimate of drug-likeness (QED) is 0.498. The third-order valence-corrected chi connectivity index (χ3v) is 6.50. The van der Waals surface area contributed by atoms with Crippen molar-refractivity contribution in [2.45, 2.75) is 18.7 Å². The topological polar surface area (TPSA) is 70.6 Å². The Morgan fingerprint density at radius 3 is 2.43 bits per heavy atom. The van der Waals surface area contributed by atoms with Gasteiger partial charge in [-0.15, -0.1) is 0 Å². The fraction of sp³-hybridized carbons (Fsp3) is 0.296. The minimum Gasteiger partial charge on any atom is -0.489 e. The second-order valence-electron chi connectivity index (χ2n) is 9.18. The summed E-state index contributed by atoms with van der Waals surface area (Å²) in [6.45, 7) is 2.76. The number of rotatable bonds is 7. The molecule has 1 atom stereocenters. The molecule has 3 heterocycles. The number of halogens is 3. The van der Waals surface area contributed by atoms with Crippen LogP contribution in [0.3, 0.4) is 0 Å². The van der Waals surface area contributed by atoms with Crippen molar-refractivity contribution in [1.29, 1.82) is 0 Å². The molecule has 2 aliphatic rings. The summed E-state index contributed by atoms with van der Waals surface area (Å²) in [6, 6.07) is 14.3. The third-order valence-electron chi connectivity index (χ3n) is 6.50. The van der Waals surface area contributed by atoms with Crippen LogP contribution in [0.5, 0.6) is 5.75 Å². The molecule has 2 aliphatic heterocycles. The molecule has 37 heavy (non-hydrogen) atoms. The molecule has 0 radical (unpaired) electrons. The molecule has 192 valence electrons. The number of carbonyl (C=O) groups excluding carboxylic acids is 1. The largest absolute Gasteiger partial charge is 0.489 e. The summed E-state index contributed by atoms with van der Waals surface area (Å²) < 4.78 is 44.2. The van der Waals surface area contributed by atoms with E-state index in [4.69, 9.17) is 4.74 Å². The zero-order valence-corrected chi connectivity index (χ0v) is 19.9. The van der Waals surface area contributed by atoms with Gasteiger partial charge in [0, 0.05) is 31.7 Å². The Labute approximate surface area is 212 Å². The Balaban J connectivity index is 1.06. The zero-order chi connectivity index (χ0) is 25.8. The van der Waals surface area contributed by atoms with Crippen LogP contribution in [0, 0.1) is 5.92 Å². The highest BCUT2D eigenvalue weighted by molar-refractivity contribution is 5.94. The van der Waals surface area contributed by atoms with E-state index >= 15 is 0 Å². The monoisotopic (exact) mass is 509 g/mol. The number of aromatic nitrogens is 2. The number of nitrogens with one attached hydrogen (secondary N) is 1. The van der Waals surface area contributed by atoms with Crippen molar-refractivity contribution in [2.24, 2.45) is 5.92 Å². The smallest absolute Gasteiger partial charge is 0.416 e. The van der Waals surface area contributed by atoms with Gasteiger partial charge in [0.2, 0.25) is 5.91 Å². The van der Waals surface area contributed by atoms with Gasteiger partial charge in [-0.1, -0.05) is 12.1 Å². The van der Waals surface area contributed by atoms with Gasteiger partial charge in [-0.2, -0.15) is 23.4 Å². The first-order valence-corrected chi connectivity index (χ1v) is 12.0. The molecule has 1 N–H and O–H groups in total. The van der Waals surface area contributed by atoms with Gasteiger partial charge in [0.15, 0.2) is 0 Å². The van der Waals surface area contributed by atoms with E-state index in [1.807, 2.05) is 36.5 Å². The van der Waals surface area contributed by atoms with Crippen molar-refractivity contribution >= 4 is 23.4 Å². The van der Waals surface area contributed by atoms with Crippen LogP contribution in [0.4, 0.5) is 24.5 Å². The van der Waals surface area contributed by atoms with Gasteiger partial charge in [0.05, 0.1) is 36.1 Å². The summed E-state index contributed by atoms with van der Waals surface area (Å²) in [5.41, 5.74) is 1.73. The Bertz CT molecular complexity index is 1230. The average Bonchev–Trinajstić information content (AvgIpc) is 3.31. The van der Waals surface area contributed by atoms with E-state index in [1.54, 1.807) is 18.5 Å². The molecule has 0 spiro atoms.